The number of nitrogens with one attached hydrogen (secondary N) is 1. The molecule has 1 saturated heterocycles. The summed E-state index contributed by atoms with van der Waals surface area (Å²) in [4.78, 5) is 18.4. The van der Waals surface area contributed by atoms with E-state index in [4.69, 9.17) is 5.84 Å². The SMILES string of the molecule is Cc1ccc(Br)c(N2CCCC(C(=O)NN)CC2)n1. The summed E-state index contributed by atoms with van der Waals surface area (Å²) in [6.45, 7) is 3.73. The number of nitrogens with zero attached hydrogens (tertiary/aromatic N) is 2. The number of nitrogens with two attached hydrogens (primary N) is 1. The Labute approximate surface area is 121 Å². The number of aromatic nitrogens is 1. The van der Waals surface area contributed by atoms with Crippen LogP contribution in [0.4, 0.5) is 5.82 Å². The number of carbonyl (C=O) groups excluding carboxylic acids is 1. The Morgan fingerprint density at radius 2 is 2.26 bits per heavy atom. The van der Waals surface area contributed by atoms with Gasteiger partial charge in [0.1, 0.15) is 5.82 Å². The monoisotopic (exact) mass is 326 g/mol. The van der Waals surface area contributed by atoms with Gasteiger partial charge in [-0.1, -0.05) is 0 Å². The molecule has 1 aliphatic heterocycles. The molecule has 0 radical (unpaired) electrons. The number of hydrogen-bond acceptors (Lipinski definition) is 4. The quantitative estimate of drug-likeness (QED) is 0.493. The molecule has 1 aliphatic rings. The van der Waals surface area contributed by atoms with Crippen LogP contribution in [-0.2, 0) is 4.79 Å². The molecule has 1 amide bonds. The van der Waals surface area contributed by atoms with Crippen molar-refractivity contribution in [3.05, 3.63) is 22.3 Å². The van der Waals surface area contributed by atoms with Crippen LogP contribution in [0.1, 0.15) is 25.0 Å². The highest BCUT2D eigenvalue weighted by atomic mass is 79.9. The van der Waals surface area contributed by atoms with Crippen molar-refractivity contribution in [2.45, 2.75) is 26.2 Å². The minimum Gasteiger partial charge on any atom is -0.356 e. The zero-order valence-electron chi connectivity index (χ0n) is 11.0. The van der Waals surface area contributed by atoms with E-state index in [1.807, 2.05) is 19.1 Å². The van der Waals surface area contributed by atoms with E-state index in [1.54, 1.807) is 0 Å². The van der Waals surface area contributed by atoms with E-state index in [1.165, 1.54) is 0 Å². The molecular formula is C13H19BrN4O. The van der Waals surface area contributed by atoms with Crippen molar-refractivity contribution in [2.24, 2.45) is 11.8 Å². The summed E-state index contributed by atoms with van der Waals surface area (Å²) in [5.74, 6) is 6.13. The van der Waals surface area contributed by atoms with Crippen LogP contribution < -0.4 is 16.2 Å². The van der Waals surface area contributed by atoms with Crippen molar-refractivity contribution < 1.29 is 4.79 Å². The minimum absolute atomic E-state index is 0.0126. The van der Waals surface area contributed by atoms with Crippen molar-refractivity contribution in [3.63, 3.8) is 0 Å². The molecule has 1 fully saturated rings. The van der Waals surface area contributed by atoms with Crippen molar-refractivity contribution in [2.75, 3.05) is 18.0 Å². The molecule has 104 valence electrons. The van der Waals surface area contributed by atoms with E-state index >= 15 is 0 Å². The van der Waals surface area contributed by atoms with Gasteiger partial charge in [-0.2, -0.15) is 0 Å². The predicted molar refractivity (Wildman–Crippen MR) is 78.6 cm³/mol. The summed E-state index contributed by atoms with van der Waals surface area (Å²) in [5, 5.41) is 0. The fourth-order valence-corrected chi connectivity index (χ4v) is 2.91. The first-order chi connectivity index (χ1) is 9.11. The zero-order valence-corrected chi connectivity index (χ0v) is 12.6. The topological polar surface area (TPSA) is 71.2 Å². The molecule has 0 saturated carbocycles. The Hall–Kier alpha value is -1.14. The molecule has 0 aromatic carbocycles. The number of amides is 1. The van der Waals surface area contributed by atoms with Gasteiger partial charge >= 0.3 is 0 Å². The van der Waals surface area contributed by atoms with Crippen LogP contribution in [-0.4, -0.2) is 24.0 Å². The molecule has 5 nitrogen and oxygen atoms in total. The minimum atomic E-state index is -0.0573. The summed E-state index contributed by atoms with van der Waals surface area (Å²) in [7, 11) is 0. The van der Waals surface area contributed by atoms with E-state index in [2.05, 4.69) is 31.2 Å². The largest absolute Gasteiger partial charge is 0.356 e. The fourth-order valence-electron chi connectivity index (χ4n) is 2.44. The number of hydrazine groups is 1. The molecule has 2 rings (SSSR count). The smallest absolute Gasteiger partial charge is 0.237 e. The van der Waals surface area contributed by atoms with E-state index in [0.717, 1.165) is 48.3 Å². The van der Waals surface area contributed by atoms with Crippen LogP contribution in [0, 0.1) is 12.8 Å². The lowest BCUT2D eigenvalue weighted by Gasteiger charge is -2.23. The van der Waals surface area contributed by atoms with Crippen LogP contribution in [0.3, 0.4) is 0 Å². The second kappa shape index (κ2) is 6.34. The Morgan fingerprint density at radius 1 is 1.47 bits per heavy atom. The molecule has 6 heteroatoms. The summed E-state index contributed by atoms with van der Waals surface area (Å²) >= 11 is 3.55. The number of hydrogen-bond donors (Lipinski definition) is 2. The van der Waals surface area contributed by atoms with E-state index in [0.29, 0.717) is 0 Å². The molecule has 1 aromatic rings. The third-order valence-electron chi connectivity index (χ3n) is 3.51. The van der Waals surface area contributed by atoms with Gasteiger partial charge < -0.3 is 4.90 Å². The molecule has 2 heterocycles. The second-order valence-corrected chi connectivity index (χ2v) is 5.74. The van der Waals surface area contributed by atoms with E-state index < -0.39 is 0 Å². The highest BCUT2D eigenvalue weighted by molar-refractivity contribution is 9.10. The predicted octanol–water partition coefficient (Wildman–Crippen LogP) is 1.75. The number of rotatable bonds is 2. The number of carbonyl (C=O) groups is 1. The van der Waals surface area contributed by atoms with Crippen molar-refractivity contribution >= 4 is 27.7 Å². The average Bonchev–Trinajstić information content (AvgIpc) is 2.66. The molecule has 3 N–H and O–H groups in total. The Bertz CT molecular complexity index is 466. The van der Waals surface area contributed by atoms with Crippen molar-refractivity contribution in [1.29, 1.82) is 0 Å². The lowest BCUT2D eigenvalue weighted by atomic mass is 10.0. The lowest BCUT2D eigenvalue weighted by Crippen LogP contribution is -2.36. The first kappa shape index (κ1) is 14.3. The number of anilines is 1. The van der Waals surface area contributed by atoms with Crippen LogP contribution in [0.5, 0.6) is 0 Å². The Balaban J connectivity index is 2.10. The normalized spacial score (nSPS) is 19.9. The zero-order chi connectivity index (χ0) is 13.8. The molecule has 1 unspecified atom stereocenters. The number of pyridine rings is 1. The third kappa shape index (κ3) is 3.45. The van der Waals surface area contributed by atoms with Crippen LogP contribution >= 0.6 is 15.9 Å². The summed E-state index contributed by atoms with van der Waals surface area (Å²) < 4.78 is 1.000. The highest BCUT2D eigenvalue weighted by Gasteiger charge is 2.23. The molecule has 0 bridgehead atoms. The molecule has 19 heavy (non-hydrogen) atoms. The molecule has 1 aromatic heterocycles. The van der Waals surface area contributed by atoms with Gasteiger partial charge in [0.25, 0.3) is 0 Å². The molecular weight excluding hydrogens is 308 g/mol. The highest BCUT2D eigenvalue weighted by Crippen LogP contribution is 2.27. The second-order valence-electron chi connectivity index (χ2n) is 4.88. The van der Waals surface area contributed by atoms with Gasteiger partial charge in [0.2, 0.25) is 5.91 Å². The van der Waals surface area contributed by atoms with Crippen LogP contribution in [0.2, 0.25) is 0 Å². The van der Waals surface area contributed by atoms with Gasteiger partial charge in [-0.05, 0) is 54.2 Å². The Kier molecular flexibility index (Phi) is 4.76. The van der Waals surface area contributed by atoms with Crippen LogP contribution in [0.25, 0.3) is 0 Å². The average molecular weight is 327 g/mol. The molecule has 0 spiro atoms. The standard InChI is InChI=1S/C13H19BrN4O/c1-9-4-5-11(14)12(16-9)18-7-2-3-10(6-8-18)13(19)17-15/h4-5,10H,2-3,6-8,15H2,1H3,(H,17,19). The summed E-state index contributed by atoms with van der Waals surface area (Å²) in [6, 6.07) is 4.00. The summed E-state index contributed by atoms with van der Waals surface area (Å²) in [5.41, 5.74) is 3.25. The maximum absolute atomic E-state index is 11.6. The number of aryl methyl sites for hydroxylation is 1. The maximum atomic E-state index is 11.6. The van der Waals surface area contributed by atoms with Gasteiger partial charge in [-0.15, -0.1) is 0 Å². The van der Waals surface area contributed by atoms with Gasteiger partial charge in [0.05, 0.1) is 4.47 Å². The first-order valence-corrected chi connectivity index (χ1v) is 7.29. The fraction of sp³-hybridized carbons (Fsp3) is 0.538. The van der Waals surface area contributed by atoms with Gasteiger partial charge in [-0.25, -0.2) is 10.8 Å². The Morgan fingerprint density at radius 3 is 3.00 bits per heavy atom. The van der Waals surface area contributed by atoms with Gasteiger partial charge in [0, 0.05) is 24.7 Å². The molecule has 1 atom stereocenters. The van der Waals surface area contributed by atoms with Crippen molar-refractivity contribution in [1.82, 2.24) is 10.4 Å². The van der Waals surface area contributed by atoms with Gasteiger partial charge in [-0.3, -0.25) is 10.2 Å². The molecule has 0 aliphatic carbocycles. The van der Waals surface area contributed by atoms with Gasteiger partial charge in [0.15, 0.2) is 0 Å². The van der Waals surface area contributed by atoms with E-state index in [-0.39, 0.29) is 11.8 Å². The van der Waals surface area contributed by atoms with Crippen molar-refractivity contribution in [3.8, 4) is 0 Å². The summed E-state index contributed by atoms with van der Waals surface area (Å²) in [6.07, 6.45) is 2.66. The third-order valence-corrected chi connectivity index (χ3v) is 4.13. The number of halogens is 1. The lowest BCUT2D eigenvalue weighted by molar-refractivity contribution is -0.125. The van der Waals surface area contributed by atoms with Crippen LogP contribution in [0.15, 0.2) is 16.6 Å². The first-order valence-electron chi connectivity index (χ1n) is 6.50. The maximum Gasteiger partial charge on any atom is 0.237 e. The van der Waals surface area contributed by atoms with E-state index in [9.17, 15) is 4.79 Å².